The van der Waals surface area contributed by atoms with Crippen molar-refractivity contribution in [1.29, 1.82) is 0 Å². The molecule has 9 nitrogen and oxygen atoms in total. The Labute approximate surface area is 124 Å². The van der Waals surface area contributed by atoms with E-state index in [-0.39, 0.29) is 60.5 Å². The number of aliphatic carboxylic acids is 3. The SMILES string of the molecule is NCC(=O)O.NCC(=O)O.NCC(=O)O.[Nd]. The fourth-order valence-corrected chi connectivity index (χ4v) is 0. The van der Waals surface area contributed by atoms with Crippen molar-refractivity contribution in [2.75, 3.05) is 19.6 Å². The number of carboxylic acid groups (broad SMARTS) is 3. The summed E-state index contributed by atoms with van der Waals surface area (Å²) in [6, 6.07) is 0. The zero-order chi connectivity index (χ0) is 12.9. The van der Waals surface area contributed by atoms with E-state index < -0.39 is 17.9 Å². The van der Waals surface area contributed by atoms with E-state index in [2.05, 4.69) is 17.2 Å². The second kappa shape index (κ2) is 20.1. The van der Waals surface area contributed by atoms with E-state index in [1.54, 1.807) is 0 Å². The Morgan fingerprint density at radius 2 is 0.750 bits per heavy atom. The Morgan fingerprint density at radius 1 is 0.688 bits per heavy atom. The topological polar surface area (TPSA) is 190 Å². The Morgan fingerprint density at radius 3 is 0.750 bits per heavy atom. The third-order valence-electron chi connectivity index (χ3n) is 0.524. The van der Waals surface area contributed by atoms with E-state index in [9.17, 15) is 14.4 Å². The molecule has 0 aliphatic carbocycles. The van der Waals surface area contributed by atoms with Crippen molar-refractivity contribution in [3.05, 3.63) is 0 Å². The van der Waals surface area contributed by atoms with Gasteiger partial charge in [-0.2, -0.15) is 0 Å². The van der Waals surface area contributed by atoms with E-state index in [0.717, 1.165) is 0 Å². The number of carboxylic acids is 3. The van der Waals surface area contributed by atoms with Crippen LogP contribution in [0, 0.1) is 40.8 Å². The Hall–Kier alpha value is -0.359. The summed E-state index contributed by atoms with van der Waals surface area (Å²) >= 11 is 0. The second-order valence-corrected chi connectivity index (χ2v) is 1.79. The molecule has 0 amide bonds. The summed E-state index contributed by atoms with van der Waals surface area (Å²) in [5, 5.41) is 22.8. The van der Waals surface area contributed by atoms with Crippen LogP contribution in [0.15, 0.2) is 0 Å². The van der Waals surface area contributed by atoms with Crippen LogP contribution in [-0.2, 0) is 14.4 Å². The normalized spacial score (nSPS) is 6.94. The predicted molar refractivity (Wildman–Crippen MR) is 50.1 cm³/mol. The predicted octanol–water partition coefficient (Wildman–Crippen LogP) is -2.91. The van der Waals surface area contributed by atoms with Crippen LogP contribution in [0.1, 0.15) is 0 Å². The van der Waals surface area contributed by atoms with Crippen LogP contribution in [-0.4, -0.2) is 52.9 Å². The molecule has 0 saturated carbocycles. The molecule has 10 heteroatoms. The van der Waals surface area contributed by atoms with Gasteiger partial charge in [0.2, 0.25) is 0 Å². The van der Waals surface area contributed by atoms with Gasteiger partial charge in [-0.25, -0.2) is 0 Å². The van der Waals surface area contributed by atoms with Gasteiger partial charge in [0, 0.05) is 40.8 Å². The smallest absolute Gasteiger partial charge is 0.317 e. The van der Waals surface area contributed by atoms with Gasteiger partial charge in [-0.1, -0.05) is 0 Å². The van der Waals surface area contributed by atoms with Gasteiger partial charge in [0.1, 0.15) is 0 Å². The summed E-state index contributed by atoms with van der Waals surface area (Å²) < 4.78 is 0. The van der Waals surface area contributed by atoms with Crippen molar-refractivity contribution in [1.82, 2.24) is 0 Å². The van der Waals surface area contributed by atoms with Crippen LogP contribution in [0.2, 0.25) is 0 Å². The Balaban J connectivity index is -0.0000000655. The maximum Gasteiger partial charge on any atom is 0.317 e. The van der Waals surface area contributed by atoms with Crippen molar-refractivity contribution in [3.63, 3.8) is 0 Å². The van der Waals surface area contributed by atoms with Crippen LogP contribution in [0.25, 0.3) is 0 Å². The molecule has 0 aliphatic heterocycles. The minimum absolute atomic E-state index is 0. The van der Waals surface area contributed by atoms with E-state index in [0.29, 0.717) is 0 Å². The van der Waals surface area contributed by atoms with Crippen LogP contribution < -0.4 is 17.2 Å². The minimum atomic E-state index is -0.968. The van der Waals surface area contributed by atoms with Crippen LogP contribution in [0.4, 0.5) is 0 Å². The molecule has 0 bridgehead atoms. The first-order chi connectivity index (χ1) is 6.81. The first kappa shape index (κ1) is 24.7. The van der Waals surface area contributed by atoms with Gasteiger partial charge in [-0.05, 0) is 0 Å². The maximum atomic E-state index is 9.24. The maximum absolute atomic E-state index is 9.24. The molecule has 0 rings (SSSR count). The fraction of sp³-hybridized carbons (Fsp3) is 0.500. The number of hydrogen-bond acceptors (Lipinski definition) is 6. The van der Waals surface area contributed by atoms with Crippen molar-refractivity contribution in [2.24, 2.45) is 17.2 Å². The van der Waals surface area contributed by atoms with Crippen LogP contribution >= 0.6 is 0 Å². The molecule has 0 fully saturated rings. The minimum Gasteiger partial charge on any atom is -0.480 e. The second-order valence-electron chi connectivity index (χ2n) is 1.79. The Bertz CT molecular complexity index is 167. The molecule has 94 valence electrons. The van der Waals surface area contributed by atoms with Gasteiger partial charge in [-0.15, -0.1) is 0 Å². The average Bonchev–Trinajstić information content (AvgIpc) is 2.19. The summed E-state index contributed by atoms with van der Waals surface area (Å²) in [5.41, 5.74) is 13.7. The zero-order valence-electron chi connectivity index (χ0n) is 8.42. The molecule has 0 radical (unpaired) electrons. The zero-order valence-corrected chi connectivity index (χ0v) is 11.6. The molecular formula is C6H15N3NdO6. The van der Waals surface area contributed by atoms with Crippen molar-refractivity contribution < 1.29 is 70.5 Å². The molecule has 0 saturated heterocycles. The molecule has 0 unspecified atom stereocenters. The van der Waals surface area contributed by atoms with Crippen LogP contribution in [0.3, 0.4) is 0 Å². The third-order valence-corrected chi connectivity index (χ3v) is 0.524. The quantitative estimate of drug-likeness (QED) is 0.303. The summed E-state index contributed by atoms with van der Waals surface area (Å²) in [4.78, 5) is 27.7. The molecule has 0 spiro atoms. The van der Waals surface area contributed by atoms with Gasteiger partial charge in [0.05, 0.1) is 19.6 Å². The summed E-state index contributed by atoms with van der Waals surface area (Å²) in [6.45, 7) is -0.833. The molecule has 0 aromatic heterocycles. The molecule has 0 heterocycles. The first-order valence-corrected chi connectivity index (χ1v) is 3.57. The largest absolute Gasteiger partial charge is 0.480 e. The molecular weight excluding hydrogens is 354 g/mol. The third kappa shape index (κ3) is 68.5. The van der Waals surface area contributed by atoms with Gasteiger partial charge in [-0.3, -0.25) is 14.4 Å². The summed E-state index contributed by atoms with van der Waals surface area (Å²) in [7, 11) is 0. The summed E-state index contributed by atoms with van der Waals surface area (Å²) in [5.74, 6) is -2.90. The van der Waals surface area contributed by atoms with Crippen molar-refractivity contribution in [3.8, 4) is 0 Å². The van der Waals surface area contributed by atoms with Gasteiger partial charge in [0.25, 0.3) is 0 Å². The number of hydrogen-bond donors (Lipinski definition) is 6. The van der Waals surface area contributed by atoms with Gasteiger partial charge in [0.15, 0.2) is 0 Å². The molecule has 0 aliphatic rings. The van der Waals surface area contributed by atoms with Crippen LogP contribution in [0.5, 0.6) is 0 Å². The van der Waals surface area contributed by atoms with E-state index in [1.807, 2.05) is 0 Å². The van der Waals surface area contributed by atoms with Crippen molar-refractivity contribution in [2.45, 2.75) is 0 Å². The first-order valence-electron chi connectivity index (χ1n) is 3.57. The van der Waals surface area contributed by atoms with E-state index in [4.69, 9.17) is 15.3 Å². The standard InChI is InChI=1S/3C2H5NO2.Nd/c3*3-1-2(4)5;/h3*1,3H2,(H,4,5);. The monoisotopic (exact) mass is 367 g/mol. The van der Waals surface area contributed by atoms with Gasteiger partial charge < -0.3 is 32.5 Å². The molecule has 9 N–H and O–H groups in total. The molecule has 0 atom stereocenters. The number of carbonyl (C=O) groups is 3. The molecule has 0 aromatic carbocycles. The van der Waals surface area contributed by atoms with E-state index >= 15 is 0 Å². The number of rotatable bonds is 3. The molecule has 0 aromatic rings. The van der Waals surface area contributed by atoms with Crippen molar-refractivity contribution >= 4 is 17.9 Å². The van der Waals surface area contributed by atoms with Gasteiger partial charge >= 0.3 is 17.9 Å². The average molecular weight is 369 g/mol. The summed E-state index contributed by atoms with van der Waals surface area (Å²) in [6.07, 6.45) is 0. The number of nitrogens with two attached hydrogens (primary N) is 3. The fourth-order valence-electron chi connectivity index (χ4n) is 0. The van der Waals surface area contributed by atoms with E-state index in [1.165, 1.54) is 0 Å². The molecule has 16 heavy (non-hydrogen) atoms. The Kier molecular flexibility index (Phi) is 31.1.